The lowest BCUT2D eigenvalue weighted by molar-refractivity contribution is 0.374. The van der Waals surface area contributed by atoms with E-state index in [1.165, 1.54) is 0 Å². The van der Waals surface area contributed by atoms with Crippen molar-refractivity contribution in [3.63, 3.8) is 0 Å². The van der Waals surface area contributed by atoms with Crippen LogP contribution in [0, 0.1) is 6.92 Å². The molecule has 1 aromatic carbocycles. The highest BCUT2D eigenvalue weighted by Gasteiger charge is 2.11. The predicted molar refractivity (Wildman–Crippen MR) is 69.5 cm³/mol. The average molecular weight is 263 g/mol. The summed E-state index contributed by atoms with van der Waals surface area (Å²) in [6.45, 7) is 2.38. The lowest BCUT2D eigenvalue weighted by Gasteiger charge is -2.02. The second kappa shape index (κ2) is 4.03. The first-order chi connectivity index (χ1) is 8.63. The first kappa shape index (κ1) is 11.1. The number of aromatic nitrogens is 3. The molecule has 0 amide bonds. The summed E-state index contributed by atoms with van der Waals surface area (Å²) in [6, 6.07) is 7.37. The van der Waals surface area contributed by atoms with Gasteiger partial charge in [-0.15, -0.1) is 0 Å². The van der Waals surface area contributed by atoms with Crippen LogP contribution in [-0.2, 0) is 6.54 Å². The molecule has 2 N–H and O–H groups in total. The Morgan fingerprint density at radius 2 is 2.22 bits per heavy atom. The molecule has 0 spiro atoms. The van der Waals surface area contributed by atoms with E-state index in [4.69, 9.17) is 21.9 Å². The zero-order valence-electron chi connectivity index (χ0n) is 9.72. The van der Waals surface area contributed by atoms with Gasteiger partial charge in [0.05, 0.1) is 23.3 Å². The molecular weight excluding hydrogens is 252 g/mol. The van der Waals surface area contributed by atoms with E-state index in [9.17, 15) is 0 Å². The summed E-state index contributed by atoms with van der Waals surface area (Å²) in [4.78, 5) is 4.27. The largest absolute Gasteiger partial charge is 0.369 e. The quantitative estimate of drug-likeness (QED) is 0.771. The monoisotopic (exact) mass is 262 g/mol. The number of hydrogen-bond donors (Lipinski definition) is 1. The van der Waals surface area contributed by atoms with Gasteiger partial charge in [-0.25, -0.2) is 4.98 Å². The average Bonchev–Trinajstić information content (AvgIpc) is 2.84. The summed E-state index contributed by atoms with van der Waals surface area (Å²) in [5.41, 5.74) is 8.44. The highest BCUT2D eigenvalue weighted by atomic mass is 35.5. The van der Waals surface area contributed by atoms with E-state index in [0.29, 0.717) is 17.5 Å². The molecule has 0 aliphatic heterocycles. The van der Waals surface area contributed by atoms with Gasteiger partial charge in [0, 0.05) is 11.1 Å². The smallest absolute Gasteiger partial charge is 0.201 e. The fourth-order valence-electron chi connectivity index (χ4n) is 1.93. The predicted octanol–water partition coefficient (Wildman–Crippen LogP) is 2.62. The number of nitrogens with zero attached hydrogens (tertiary/aromatic N) is 3. The van der Waals surface area contributed by atoms with Gasteiger partial charge in [0.2, 0.25) is 5.95 Å². The number of fused-ring (bicyclic) bond motifs is 1. The highest BCUT2D eigenvalue weighted by Crippen LogP contribution is 2.22. The molecule has 0 fully saturated rings. The van der Waals surface area contributed by atoms with Crippen molar-refractivity contribution in [2.75, 3.05) is 5.73 Å². The topological polar surface area (TPSA) is 69.9 Å². The second-order valence-corrected chi connectivity index (χ2v) is 4.56. The minimum absolute atomic E-state index is 0.432. The number of aryl methyl sites for hydroxylation is 1. The molecule has 6 heteroatoms. The molecule has 0 unspecified atom stereocenters. The minimum Gasteiger partial charge on any atom is -0.369 e. The van der Waals surface area contributed by atoms with Gasteiger partial charge in [-0.1, -0.05) is 16.8 Å². The SMILES string of the molecule is Cc1cc(Cn2c(N)nc3cc(Cl)ccc32)on1. The fourth-order valence-corrected chi connectivity index (χ4v) is 2.10. The van der Waals surface area contributed by atoms with Gasteiger partial charge in [-0.2, -0.15) is 0 Å². The molecule has 0 saturated carbocycles. The van der Waals surface area contributed by atoms with Crippen molar-refractivity contribution in [3.05, 3.63) is 40.7 Å². The van der Waals surface area contributed by atoms with Crippen molar-refractivity contribution >= 4 is 28.6 Å². The molecule has 0 atom stereocenters. The van der Waals surface area contributed by atoms with Crippen molar-refractivity contribution in [2.45, 2.75) is 13.5 Å². The Kier molecular flexibility index (Phi) is 2.48. The fraction of sp³-hybridized carbons (Fsp3) is 0.167. The zero-order chi connectivity index (χ0) is 12.7. The van der Waals surface area contributed by atoms with E-state index in [0.717, 1.165) is 22.5 Å². The van der Waals surface area contributed by atoms with Gasteiger partial charge < -0.3 is 14.8 Å². The number of nitrogens with two attached hydrogens (primary N) is 1. The van der Waals surface area contributed by atoms with E-state index < -0.39 is 0 Å². The lowest BCUT2D eigenvalue weighted by Crippen LogP contribution is -2.03. The van der Waals surface area contributed by atoms with Gasteiger partial charge in [0.25, 0.3) is 0 Å². The molecular formula is C12H11ClN4O. The van der Waals surface area contributed by atoms with Gasteiger partial charge in [-0.3, -0.25) is 0 Å². The third kappa shape index (κ3) is 1.82. The summed E-state index contributed by atoms with van der Waals surface area (Å²) in [5, 5.41) is 4.49. The number of rotatable bonds is 2. The maximum atomic E-state index is 5.93. The lowest BCUT2D eigenvalue weighted by atomic mass is 10.3. The van der Waals surface area contributed by atoms with Crippen LogP contribution in [0.25, 0.3) is 11.0 Å². The Bertz CT molecular complexity index is 716. The summed E-state index contributed by atoms with van der Waals surface area (Å²) in [6.07, 6.45) is 0. The normalized spacial score (nSPS) is 11.2. The van der Waals surface area contributed by atoms with Crippen LogP contribution >= 0.6 is 11.6 Å². The molecule has 0 bridgehead atoms. The van der Waals surface area contributed by atoms with E-state index >= 15 is 0 Å². The van der Waals surface area contributed by atoms with Crippen LogP contribution in [0.3, 0.4) is 0 Å². The number of anilines is 1. The van der Waals surface area contributed by atoms with E-state index in [1.807, 2.05) is 29.7 Å². The number of nitrogen functional groups attached to an aromatic ring is 1. The van der Waals surface area contributed by atoms with Gasteiger partial charge in [0.15, 0.2) is 5.76 Å². The van der Waals surface area contributed by atoms with Crippen LogP contribution in [0.4, 0.5) is 5.95 Å². The zero-order valence-corrected chi connectivity index (χ0v) is 10.5. The first-order valence-electron chi connectivity index (χ1n) is 5.47. The summed E-state index contributed by atoms with van der Waals surface area (Å²) in [5.74, 6) is 1.18. The number of hydrogen-bond acceptors (Lipinski definition) is 4. The van der Waals surface area contributed by atoms with Crippen molar-refractivity contribution in [1.29, 1.82) is 0 Å². The van der Waals surface area contributed by atoms with Crippen LogP contribution in [0.2, 0.25) is 5.02 Å². The van der Waals surface area contributed by atoms with Crippen molar-refractivity contribution < 1.29 is 4.52 Å². The maximum absolute atomic E-state index is 5.93. The van der Waals surface area contributed by atoms with Crippen molar-refractivity contribution in [3.8, 4) is 0 Å². The molecule has 2 heterocycles. The molecule has 0 saturated heterocycles. The van der Waals surface area contributed by atoms with Crippen LogP contribution in [0.15, 0.2) is 28.8 Å². The van der Waals surface area contributed by atoms with Gasteiger partial charge >= 0.3 is 0 Å². The molecule has 3 aromatic rings. The Labute approximate surface area is 108 Å². The van der Waals surface area contributed by atoms with Crippen LogP contribution < -0.4 is 5.73 Å². The number of halogens is 1. The van der Waals surface area contributed by atoms with Crippen LogP contribution in [0.5, 0.6) is 0 Å². The summed E-state index contributed by atoms with van der Waals surface area (Å²) in [7, 11) is 0. The summed E-state index contributed by atoms with van der Waals surface area (Å²) >= 11 is 5.93. The maximum Gasteiger partial charge on any atom is 0.201 e. The van der Waals surface area contributed by atoms with Gasteiger partial charge in [-0.05, 0) is 25.1 Å². The minimum atomic E-state index is 0.432. The highest BCUT2D eigenvalue weighted by molar-refractivity contribution is 6.31. The van der Waals surface area contributed by atoms with Crippen molar-refractivity contribution in [1.82, 2.24) is 14.7 Å². The summed E-state index contributed by atoms with van der Waals surface area (Å²) < 4.78 is 7.05. The van der Waals surface area contributed by atoms with E-state index in [2.05, 4.69) is 10.1 Å². The Morgan fingerprint density at radius 1 is 1.39 bits per heavy atom. The molecule has 2 aromatic heterocycles. The van der Waals surface area contributed by atoms with Crippen LogP contribution in [0.1, 0.15) is 11.5 Å². The third-order valence-electron chi connectivity index (χ3n) is 2.73. The third-order valence-corrected chi connectivity index (χ3v) is 2.97. The number of imidazole rings is 1. The van der Waals surface area contributed by atoms with Crippen LogP contribution in [-0.4, -0.2) is 14.7 Å². The number of benzene rings is 1. The Morgan fingerprint density at radius 3 is 2.94 bits per heavy atom. The van der Waals surface area contributed by atoms with Gasteiger partial charge in [0.1, 0.15) is 0 Å². The second-order valence-electron chi connectivity index (χ2n) is 4.12. The first-order valence-corrected chi connectivity index (χ1v) is 5.85. The molecule has 18 heavy (non-hydrogen) atoms. The van der Waals surface area contributed by atoms with E-state index in [1.54, 1.807) is 6.07 Å². The molecule has 92 valence electrons. The molecule has 0 radical (unpaired) electrons. The Balaban J connectivity index is 2.08. The standard InChI is InChI=1S/C12H11ClN4O/c1-7-4-9(18-16-7)6-17-11-3-2-8(13)5-10(11)15-12(17)14/h2-5H,6H2,1H3,(H2,14,15). The van der Waals surface area contributed by atoms with E-state index in [-0.39, 0.29) is 0 Å². The van der Waals surface area contributed by atoms with Crippen molar-refractivity contribution in [2.24, 2.45) is 0 Å². The molecule has 3 rings (SSSR count). The Hall–Kier alpha value is -2.01. The molecule has 5 nitrogen and oxygen atoms in total. The molecule has 0 aliphatic rings. The molecule has 0 aliphatic carbocycles.